The van der Waals surface area contributed by atoms with Gasteiger partial charge in [0.1, 0.15) is 5.78 Å². The summed E-state index contributed by atoms with van der Waals surface area (Å²) in [6.45, 7) is 7.13. The van der Waals surface area contributed by atoms with Crippen LogP contribution >= 0.6 is 0 Å². The van der Waals surface area contributed by atoms with Crippen LogP contribution < -0.4 is 0 Å². The SMILES string of the molecule is CCC1CN(C(=O)c2cc(C)cc(C)c2)CCC1=O. The second-order valence-electron chi connectivity index (χ2n) is 5.45. The highest BCUT2D eigenvalue weighted by Crippen LogP contribution is 2.19. The number of amides is 1. The summed E-state index contributed by atoms with van der Waals surface area (Å²) in [6.07, 6.45) is 1.31. The minimum Gasteiger partial charge on any atom is -0.337 e. The molecule has 1 aliphatic heterocycles. The highest BCUT2D eigenvalue weighted by atomic mass is 16.2. The maximum absolute atomic E-state index is 12.5. The lowest BCUT2D eigenvalue weighted by molar-refractivity contribution is -0.125. The molecule has 0 N–H and O–H groups in total. The van der Waals surface area contributed by atoms with Crippen molar-refractivity contribution in [3.63, 3.8) is 0 Å². The average Bonchev–Trinajstić information content (AvgIpc) is 2.37. The normalized spacial score (nSPS) is 19.6. The number of Topliss-reactive ketones (excluding diaryl/α,β-unsaturated/α-hetero) is 1. The van der Waals surface area contributed by atoms with Crippen LogP contribution in [0.3, 0.4) is 0 Å². The van der Waals surface area contributed by atoms with Gasteiger partial charge >= 0.3 is 0 Å². The number of hydrogen-bond donors (Lipinski definition) is 0. The zero-order valence-corrected chi connectivity index (χ0v) is 11.9. The minimum absolute atomic E-state index is 0.0172. The Balaban J connectivity index is 2.17. The van der Waals surface area contributed by atoms with E-state index < -0.39 is 0 Å². The number of ketones is 1. The van der Waals surface area contributed by atoms with E-state index in [1.165, 1.54) is 0 Å². The zero-order valence-electron chi connectivity index (χ0n) is 11.9. The Labute approximate surface area is 114 Å². The molecule has 1 atom stereocenters. The number of piperidine rings is 1. The maximum atomic E-state index is 12.5. The molecule has 2 rings (SSSR count). The lowest BCUT2D eigenvalue weighted by atomic mass is 9.93. The molecule has 1 unspecified atom stereocenters. The summed E-state index contributed by atoms with van der Waals surface area (Å²) in [5.74, 6) is 0.369. The summed E-state index contributed by atoms with van der Waals surface area (Å²) in [6, 6.07) is 5.91. The molecule has 3 heteroatoms. The second kappa shape index (κ2) is 5.55. The molecule has 1 saturated heterocycles. The summed E-state index contributed by atoms with van der Waals surface area (Å²) >= 11 is 0. The average molecular weight is 259 g/mol. The van der Waals surface area contributed by atoms with E-state index in [2.05, 4.69) is 6.07 Å². The third-order valence-corrected chi connectivity index (χ3v) is 3.77. The van der Waals surface area contributed by atoms with Gasteiger partial charge in [-0.25, -0.2) is 0 Å². The number of aryl methyl sites for hydroxylation is 2. The molecule has 1 aromatic carbocycles. The van der Waals surface area contributed by atoms with Crippen LogP contribution in [0.4, 0.5) is 0 Å². The molecule has 0 saturated carbocycles. The lowest BCUT2D eigenvalue weighted by Gasteiger charge is -2.31. The smallest absolute Gasteiger partial charge is 0.253 e. The first-order valence-corrected chi connectivity index (χ1v) is 6.91. The molecule has 1 aromatic rings. The van der Waals surface area contributed by atoms with E-state index >= 15 is 0 Å². The molecule has 3 nitrogen and oxygen atoms in total. The van der Waals surface area contributed by atoms with Crippen molar-refractivity contribution in [2.24, 2.45) is 5.92 Å². The quantitative estimate of drug-likeness (QED) is 0.819. The van der Waals surface area contributed by atoms with E-state index in [1.807, 2.05) is 37.8 Å². The molecule has 0 spiro atoms. The van der Waals surface area contributed by atoms with Gasteiger partial charge in [0, 0.05) is 31.0 Å². The van der Waals surface area contributed by atoms with Crippen molar-refractivity contribution >= 4 is 11.7 Å². The predicted octanol–water partition coefficient (Wildman–Crippen LogP) is 2.74. The Morgan fingerprint density at radius 1 is 1.26 bits per heavy atom. The number of carbonyl (C=O) groups is 2. The Hall–Kier alpha value is -1.64. The van der Waals surface area contributed by atoms with E-state index in [0.29, 0.717) is 25.3 Å². The number of rotatable bonds is 2. The zero-order chi connectivity index (χ0) is 14.0. The van der Waals surface area contributed by atoms with Crippen LogP contribution in [-0.2, 0) is 4.79 Å². The van der Waals surface area contributed by atoms with Crippen LogP contribution in [-0.4, -0.2) is 29.7 Å². The van der Waals surface area contributed by atoms with Gasteiger partial charge in [0.2, 0.25) is 0 Å². The van der Waals surface area contributed by atoms with Crippen LogP contribution in [0.25, 0.3) is 0 Å². The van der Waals surface area contributed by atoms with Crippen LogP contribution in [0.1, 0.15) is 41.3 Å². The molecule has 1 aliphatic rings. The van der Waals surface area contributed by atoms with Gasteiger partial charge < -0.3 is 4.90 Å². The van der Waals surface area contributed by atoms with E-state index in [1.54, 1.807) is 0 Å². The Kier molecular flexibility index (Phi) is 4.03. The molecule has 0 bridgehead atoms. The van der Waals surface area contributed by atoms with E-state index in [4.69, 9.17) is 0 Å². The topological polar surface area (TPSA) is 37.4 Å². The van der Waals surface area contributed by atoms with Crippen molar-refractivity contribution < 1.29 is 9.59 Å². The number of likely N-dealkylation sites (tertiary alicyclic amines) is 1. The van der Waals surface area contributed by atoms with E-state index in [9.17, 15) is 9.59 Å². The Bertz CT molecular complexity index is 487. The minimum atomic E-state index is 0.0172. The molecule has 1 fully saturated rings. The van der Waals surface area contributed by atoms with Crippen molar-refractivity contribution in [3.05, 3.63) is 34.9 Å². The first-order chi connectivity index (χ1) is 9.01. The van der Waals surface area contributed by atoms with E-state index in [-0.39, 0.29) is 11.8 Å². The molecule has 19 heavy (non-hydrogen) atoms. The summed E-state index contributed by atoms with van der Waals surface area (Å²) in [4.78, 5) is 26.0. The molecule has 102 valence electrons. The van der Waals surface area contributed by atoms with Crippen molar-refractivity contribution in [1.82, 2.24) is 4.90 Å². The maximum Gasteiger partial charge on any atom is 0.253 e. The fourth-order valence-electron chi connectivity index (χ4n) is 2.73. The third-order valence-electron chi connectivity index (χ3n) is 3.77. The molecule has 1 heterocycles. The Morgan fingerprint density at radius 3 is 2.47 bits per heavy atom. The summed E-state index contributed by atoms with van der Waals surface area (Å²) < 4.78 is 0. The number of nitrogens with zero attached hydrogens (tertiary/aromatic N) is 1. The first-order valence-electron chi connectivity index (χ1n) is 6.91. The van der Waals surface area contributed by atoms with Gasteiger partial charge in [0.15, 0.2) is 0 Å². The van der Waals surface area contributed by atoms with Crippen LogP contribution in [0.2, 0.25) is 0 Å². The summed E-state index contributed by atoms with van der Waals surface area (Å²) in [7, 11) is 0. The number of carbonyl (C=O) groups excluding carboxylic acids is 2. The molecular weight excluding hydrogens is 238 g/mol. The third kappa shape index (κ3) is 3.03. The Morgan fingerprint density at radius 2 is 1.89 bits per heavy atom. The van der Waals surface area contributed by atoms with Gasteiger partial charge in [-0.2, -0.15) is 0 Å². The first kappa shape index (κ1) is 13.8. The molecular formula is C16H21NO2. The second-order valence-corrected chi connectivity index (χ2v) is 5.45. The van der Waals surface area contributed by atoms with E-state index in [0.717, 1.165) is 23.1 Å². The van der Waals surface area contributed by atoms with Crippen LogP contribution in [0.5, 0.6) is 0 Å². The van der Waals surface area contributed by atoms with Crippen molar-refractivity contribution in [1.29, 1.82) is 0 Å². The highest BCUT2D eigenvalue weighted by molar-refractivity contribution is 5.96. The predicted molar refractivity (Wildman–Crippen MR) is 75.2 cm³/mol. The van der Waals surface area contributed by atoms with Crippen molar-refractivity contribution in [2.75, 3.05) is 13.1 Å². The lowest BCUT2D eigenvalue weighted by Crippen LogP contribution is -2.43. The standard InChI is InChI=1S/C16H21NO2/c1-4-13-10-17(6-5-15(13)18)16(19)14-8-11(2)7-12(3)9-14/h7-9,13H,4-6,10H2,1-3H3. The van der Waals surface area contributed by atoms with Gasteiger partial charge in [-0.15, -0.1) is 0 Å². The highest BCUT2D eigenvalue weighted by Gasteiger charge is 2.29. The summed E-state index contributed by atoms with van der Waals surface area (Å²) in [5, 5.41) is 0. The number of hydrogen-bond acceptors (Lipinski definition) is 2. The molecule has 0 aromatic heterocycles. The molecule has 1 amide bonds. The largest absolute Gasteiger partial charge is 0.337 e. The van der Waals surface area contributed by atoms with Gasteiger partial charge in [-0.3, -0.25) is 9.59 Å². The fraction of sp³-hybridized carbons (Fsp3) is 0.500. The molecule has 0 radical (unpaired) electrons. The van der Waals surface area contributed by atoms with Gasteiger partial charge in [0.25, 0.3) is 5.91 Å². The molecule has 0 aliphatic carbocycles. The number of benzene rings is 1. The monoisotopic (exact) mass is 259 g/mol. The van der Waals surface area contributed by atoms with Gasteiger partial charge in [-0.05, 0) is 32.4 Å². The van der Waals surface area contributed by atoms with Crippen molar-refractivity contribution in [3.8, 4) is 0 Å². The fourth-order valence-corrected chi connectivity index (χ4v) is 2.73. The van der Waals surface area contributed by atoms with Crippen molar-refractivity contribution in [2.45, 2.75) is 33.6 Å². The van der Waals surface area contributed by atoms with Gasteiger partial charge in [0.05, 0.1) is 0 Å². The van der Waals surface area contributed by atoms with Crippen LogP contribution in [0.15, 0.2) is 18.2 Å². The van der Waals surface area contributed by atoms with Crippen LogP contribution in [0, 0.1) is 19.8 Å². The van der Waals surface area contributed by atoms with Gasteiger partial charge in [-0.1, -0.05) is 24.1 Å². The summed E-state index contributed by atoms with van der Waals surface area (Å²) in [5.41, 5.74) is 2.94.